The van der Waals surface area contributed by atoms with E-state index < -0.39 is 0 Å². The lowest BCUT2D eigenvalue weighted by molar-refractivity contribution is 0.0927. The Labute approximate surface area is 139 Å². The molecule has 0 aliphatic carbocycles. The van der Waals surface area contributed by atoms with Crippen molar-refractivity contribution in [3.63, 3.8) is 0 Å². The van der Waals surface area contributed by atoms with Crippen LogP contribution in [0.15, 0.2) is 48.5 Å². The maximum absolute atomic E-state index is 11.9. The molecular formula is C17H17ClN2O3. The van der Waals surface area contributed by atoms with Gasteiger partial charge in [0.2, 0.25) is 0 Å². The highest BCUT2D eigenvalue weighted by atomic mass is 35.5. The average Bonchev–Trinajstić information content (AvgIpc) is 2.58. The molecule has 5 nitrogen and oxygen atoms in total. The number of benzene rings is 2. The number of methoxy groups -OCH3 is 1. The Kier molecular flexibility index (Phi) is 6.00. The maximum atomic E-state index is 11.9. The molecule has 0 aromatic heterocycles. The first-order valence-corrected chi connectivity index (χ1v) is 7.44. The number of ether oxygens (including phenoxy) is 1. The first-order chi connectivity index (χ1) is 11.1. The van der Waals surface area contributed by atoms with E-state index in [4.69, 9.17) is 16.3 Å². The molecule has 0 saturated heterocycles. The second kappa shape index (κ2) is 8.19. The van der Waals surface area contributed by atoms with Crippen LogP contribution in [0.5, 0.6) is 5.75 Å². The Morgan fingerprint density at radius 2 is 1.57 bits per heavy atom. The first-order valence-electron chi connectivity index (χ1n) is 7.07. The van der Waals surface area contributed by atoms with Gasteiger partial charge in [-0.3, -0.25) is 9.59 Å². The molecule has 2 amide bonds. The first kappa shape index (κ1) is 16.8. The summed E-state index contributed by atoms with van der Waals surface area (Å²) in [5.74, 6) is 0.211. The molecule has 0 radical (unpaired) electrons. The third-order valence-corrected chi connectivity index (χ3v) is 3.50. The molecular weight excluding hydrogens is 316 g/mol. The molecule has 0 spiro atoms. The van der Waals surface area contributed by atoms with Gasteiger partial charge in [-0.05, 0) is 36.4 Å². The standard InChI is InChI=1S/C17H17ClN2O3/c1-23-13-8-6-12(7-9-13)16(21)19-10-11-20-17(22)14-4-2-3-5-15(14)18/h2-9H,10-11H2,1H3,(H,19,21)(H,20,22). The Hall–Kier alpha value is -2.53. The van der Waals surface area contributed by atoms with Gasteiger partial charge in [-0.1, -0.05) is 23.7 Å². The lowest BCUT2D eigenvalue weighted by Gasteiger charge is -2.08. The van der Waals surface area contributed by atoms with Crippen LogP contribution < -0.4 is 15.4 Å². The summed E-state index contributed by atoms with van der Waals surface area (Å²) in [6, 6.07) is 13.6. The number of amides is 2. The van der Waals surface area contributed by atoms with E-state index in [2.05, 4.69) is 10.6 Å². The van der Waals surface area contributed by atoms with Crippen molar-refractivity contribution < 1.29 is 14.3 Å². The second-order valence-electron chi connectivity index (χ2n) is 4.72. The number of carbonyl (C=O) groups excluding carboxylic acids is 2. The minimum atomic E-state index is -0.269. The van der Waals surface area contributed by atoms with Gasteiger partial charge in [-0.25, -0.2) is 0 Å². The molecule has 2 aromatic carbocycles. The van der Waals surface area contributed by atoms with Gasteiger partial charge >= 0.3 is 0 Å². The predicted molar refractivity (Wildman–Crippen MR) is 89.1 cm³/mol. The number of nitrogens with one attached hydrogen (secondary N) is 2. The van der Waals surface area contributed by atoms with Crippen molar-refractivity contribution in [2.75, 3.05) is 20.2 Å². The SMILES string of the molecule is COc1ccc(C(=O)NCCNC(=O)c2ccccc2Cl)cc1. The molecule has 120 valence electrons. The van der Waals surface area contributed by atoms with Gasteiger partial charge in [0, 0.05) is 18.7 Å². The Bertz CT molecular complexity index is 686. The van der Waals surface area contributed by atoms with Gasteiger partial charge in [0.1, 0.15) is 5.75 Å². The van der Waals surface area contributed by atoms with Gasteiger partial charge in [0.05, 0.1) is 17.7 Å². The normalized spacial score (nSPS) is 10.0. The van der Waals surface area contributed by atoms with Gasteiger partial charge in [0.15, 0.2) is 0 Å². The van der Waals surface area contributed by atoms with Crippen molar-refractivity contribution in [2.45, 2.75) is 0 Å². The van der Waals surface area contributed by atoms with Crippen molar-refractivity contribution in [2.24, 2.45) is 0 Å². The summed E-state index contributed by atoms with van der Waals surface area (Å²) in [5, 5.41) is 5.83. The van der Waals surface area contributed by atoms with Crippen molar-refractivity contribution in [1.82, 2.24) is 10.6 Å². The van der Waals surface area contributed by atoms with Gasteiger partial charge in [0.25, 0.3) is 11.8 Å². The van der Waals surface area contributed by atoms with Crippen LogP contribution >= 0.6 is 11.6 Å². The highest BCUT2D eigenvalue weighted by Gasteiger charge is 2.09. The van der Waals surface area contributed by atoms with Crippen LogP contribution in [0.25, 0.3) is 0 Å². The zero-order valence-corrected chi connectivity index (χ0v) is 13.4. The number of hydrogen-bond donors (Lipinski definition) is 2. The van der Waals surface area contributed by atoms with Crippen molar-refractivity contribution in [3.05, 3.63) is 64.7 Å². The summed E-state index contributed by atoms with van der Waals surface area (Å²) >= 11 is 5.95. The topological polar surface area (TPSA) is 67.4 Å². The van der Waals surface area contributed by atoms with E-state index in [0.717, 1.165) is 0 Å². The van der Waals surface area contributed by atoms with E-state index in [0.29, 0.717) is 35.0 Å². The van der Waals surface area contributed by atoms with Crippen LogP contribution in [0, 0.1) is 0 Å². The number of hydrogen-bond acceptors (Lipinski definition) is 3. The number of halogens is 1. The molecule has 23 heavy (non-hydrogen) atoms. The molecule has 0 unspecified atom stereocenters. The van der Waals surface area contributed by atoms with Crippen molar-refractivity contribution in [3.8, 4) is 5.75 Å². The molecule has 0 heterocycles. The minimum absolute atomic E-state index is 0.209. The molecule has 0 atom stereocenters. The molecule has 0 fully saturated rings. The maximum Gasteiger partial charge on any atom is 0.252 e. The smallest absolute Gasteiger partial charge is 0.252 e. The molecule has 2 N–H and O–H groups in total. The summed E-state index contributed by atoms with van der Waals surface area (Å²) < 4.78 is 5.04. The average molecular weight is 333 g/mol. The fourth-order valence-corrected chi connectivity index (χ4v) is 2.16. The number of rotatable bonds is 6. The quantitative estimate of drug-likeness (QED) is 0.799. The molecule has 0 aliphatic heterocycles. The van der Waals surface area contributed by atoms with E-state index >= 15 is 0 Å². The lowest BCUT2D eigenvalue weighted by atomic mass is 10.2. The van der Waals surface area contributed by atoms with Crippen LogP contribution in [-0.4, -0.2) is 32.0 Å². The van der Waals surface area contributed by atoms with E-state index in [9.17, 15) is 9.59 Å². The van der Waals surface area contributed by atoms with E-state index in [-0.39, 0.29) is 11.8 Å². The zero-order valence-electron chi connectivity index (χ0n) is 12.6. The summed E-state index contributed by atoms with van der Waals surface area (Å²) in [4.78, 5) is 23.9. The Morgan fingerprint density at radius 3 is 2.17 bits per heavy atom. The zero-order chi connectivity index (χ0) is 16.7. The largest absolute Gasteiger partial charge is 0.497 e. The van der Waals surface area contributed by atoms with E-state index in [1.54, 1.807) is 55.6 Å². The van der Waals surface area contributed by atoms with Crippen LogP contribution in [0.4, 0.5) is 0 Å². The molecule has 0 saturated carbocycles. The summed E-state index contributed by atoms with van der Waals surface area (Å²) in [5.41, 5.74) is 0.943. The van der Waals surface area contributed by atoms with Crippen LogP contribution in [0.1, 0.15) is 20.7 Å². The molecule has 6 heteroatoms. The van der Waals surface area contributed by atoms with Crippen molar-refractivity contribution >= 4 is 23.4 Å². The third-order valence-electron chi connectivity index (χ3n) is 3.17. The predicted octanol–water partition coefficient (Wildman–Crippen LogP) is 2.51. The van der Waals surface area contributed by atoms with E-state index in [1.807, 2.05) is 0 Å². The molecule has 0 aliphatic rings. The lowest BCUT2D eigenvalue weighted by Crippen LogP contribution is -2.34. The summed E-state index contributed by atoms with van der Waals surface area (Å²) in [6.45, 7) is 0.632. The van der Waals surface area contributed by atoms with Crippen molar-refractivity contribution in [1.29, 1.82) is 0 Å². The second-order valence-corrected chi connectivity index (χ2v) is 5.13. The van der Waals surface area contributed by atoms with Crippen LogP contribution in [0.3, 0.4) is 0 Å². The molecule has 2 rings (SSSR count). The summed E-state index contributed by atoms with van der Waals surface area (Å²) in [6.07, 6.45) is 0. The highest BCUT2D eigenvalue weighted by molar-refractivity contribution is 6.33. The van der Waals surface area contributed by atoms with Crippen LogP contribution in [-0.2, 0) is 0 Å². The number of carbonyl (C=O) groups is 2. The summed E-state index contributed by atoms with van der Waals surface area (Å²) in [7, 11) is 1.57. The third kappa shape index (κ3) is 4.72. The van der Waals surface area contributed by atoms with Crippen LogP contribution in [0.2, 0.25) is 5.02 Å². The fourth-order valence-electron chi connectivity index (χ4n) is 1.94. The minimum Gasteiger partial charge on any atom is -0.497 e. The van der Waals surface area contributed by atoms with Gasteiger partial charge in [-0.15, -0.1) is 0 Å². The Balaban J connectivity index is 1.77. The highest BCUT2D eigenvalue weighted by Crippen LogP contribution is 2.14. The van der Waals surface area contributed by atoms with Gasteiger partial charge < -0.3 is 15.4 Å². The molecule has 2 aromatic rings. The molecule has 0 bridgehead atoms. The van der Waals surface area contributed by atoms with Gasteiger partial charge in [-0.2, -0.15) is 0 Å². The fraction of sp³-hybridized carbons (Fsp3) is 0.176. The monoisotopic (exact) mass is 332 g/mol. The Morgan fingerprint density at radius 1 is 0.957 bits per heavy atom. The van der Waals surface area contributed by atoms with E-state index in [1.165, 1.54) is 0 Å².